The van der Waals surface area contributed by atoms with Gasteiger partial charge in [0.15, 0.2) is 6.29 Å². The fourth-order valence-corrected chi connectivity index (χ4v) is 1.54. The topological polar surface area (TPSA) is 30.0 Å². The lowest BCUT2D eigenvalue weighted by Gasteiger charge is -2.01. The van der Waals surface area contributed by atoms with Crippen LogP contribution in [0.15, 0.2) is 24.3 Å². The smallest absolute Gasteiger partial charge is 0.153 e. The maximum atomic E-state index is 10.6. The van der Waals surface area contributed by atoms with Crippen LogP contribution in [0.4, 0.5) is 0 Å². The first-order chi connectivity index (χ1) is 7.70. The van der Waals surface area contributed by atoms with Crippen LogP contribution >= 0.6 is 11.6 Å². The van der Waals surface area contributed by atoms with Gasteiger partial charge < -0.3 is 0 Å². The fourth-order valence-electron chi connectivity index (χ4n) is 1.35. The Morgan fingerprint density at radius 3 is 2.56 bits per heavy atom. The predicted octanol–water partition coefficient (Wildman–Crippen LogP) is 4.04. The first kappa shape index (κ1) is 12.7. The molecule has 0 saturated heterocycles. The van der Waals surface area contributed by atoms with Crippen molar-refractivity contribution >= 4 is 28.8 Å². The number of aldehydes is 1. The number of fused-ring (bicyclic) bond motifs is 1. The van der Waals surface area contributed by atoms with E-state index in [0.29, 0.717) is 11.8 Å². The number of carbonyl (C=O) groups is 1. The normalized spacial score (nSPS) is 9.50. The molecular formula is C13H14ClNO. The Morgan fingerprint density at radius 2 is 1.94 bits per heavy atom. The van der Waals surface area contributed by atoms with E-state index in [-0.39, 0.29) is 5.15 Å². The van der Waals surface area contributed by atoms with Gasteiger partial charge in [-0.15, -0.1) is 0 Å². The molecule has 0 radical (unpaired) electrons. The van der Waals surface area contributed by atoms with Gasteiger partial charge in [-0.05, 0) is 24.6 Å². The van der Waals surface area contributed by atoms with Crippen molar-refractivity contribution in [2.45, 2.75) is 20.8 Å². The molecule has 2 rings (SSSR count). The van der Waals surface area contributed by atoms with E-state index in [9.17, 15) is 4.79 Å². The van der Waals surface area contributed by atoms with E-state index in [2.05, 4.69) is 4.98 Å². The highest BCUT2D eigenvalue weighted by molar-refractivity contribution is 6.32. The summed E-state index contributed by atoms with van der Waals surface area (Å²) in [4.78, 5) is 14.8. The number of halogens is 1. The minimum Gasteiger partial charge on any atom is -0.298 e. The number of hydrogen-bond acceptors (Lipinski definition) is 2. The van der Waals surface area contributed by atoms with Crippen molar-refractivity contribution in [2.75, 3.05) is 0 Å². The third-order valence-electron chi connectivity index (χ3n) is 2.08. The highest BCUT2D eigenvalue weighted by Gasteiger charge is 2.03. The molecule has 0 amide bonds. The molecule has 0 N–H and O–H groups in total. The van der Waals surface area contributed by atoms with Crippen molar-refractivity contribution < 1.29 is 4.79 Å². The Labute approximate surface area is 100 Å². The Morgan fingerprint density at radius 1 is 1.25 bits per heavy atom. The highest BCUT2D eigenvalue weighted by atomic mass is 35.5. The molecule has 1 aromatic heterocycles. The monoisotopic (exact) mass is 235 g/mol. The summed E-state index contributed by atoms with van der Waals surface area (Å²) in [5.41, 5.74) is 2.38. The standard InChI is InChI=1S/C11H8ClNO.C2H6/c1-7-2-3-8-5-9(6-14)11(12)13-10(8)4-7;1-2/h2-6H,1H3;1-2H3. The lowest BCUT2D eigenvalue weighted by molar-refractivity contribution is 0.112. The molecule has 0 aliphatic heterocycles. The summed E-state index contributed by atoms with van der Waals surface area (Å²) in [6.45, 7) is 5.99. The molecule has 0 unspecified atom stereocenters. The molecule has 2 aromatic rings. The lowest BCUT2D eigenvalue weighted by atomic mass is 10.1. The summed E-state index contributed by atoms with van der Waals surface area (Å²) in [5, 5.41) is 1.19. The van der Waals surface area contributed by atoms with Crippen LogP contribution in [0.25, 0.3) is 10.9 Å². The van der Waals surface area contributed by atoms with Gasteiger partial charge in [-0.2, -0.15) is 0 Å². The maximum absolute atomic E-state index is 10.6. The van der Waals surface area contributed by atoms with E-state index in [1.165, 1.54) is 0 Å². The number of rotatable bonds is 1. The Kier molecular flexibility index (Phi) is 4.44. The zero-order valence-electron chi connectivity index (χ0n) is 9.62. The fraction of sp³-hybridized carbons (Fsp3) is 0.231. The SMILES string of the molecule is CC.Cc1ccc2cc(C=O)c(Cl)nc2c1. The summed E-state index contributed by atoms with van der Waals surface area (Å²) in [6.07, 6.45) is 0.717. The van der Waals surface area contributed by atoms with E-state index in [0.717, 1.165) is 16.5 Å². The van der Waals surface area contributed by atoms with E-state index in [4.69, 9.17) is 11.6 Å². The summed E-state index contributed by atoms with van der Waals surface area (Å²) in [6, 6.07) is 7.60. The van der Waals surface area contributed by atoms with E-state index >= 15 is 0 Å². The van der Waals surface area contributed by atoms with Gasteiger partial charge in [-0.1, -0.05) is 37.6 Å². The number of aromatic nitrogens is 1. The molecule has 0 aliphatic carbocycles. The first-order valence-corrected chi connectivity index (χ1v) is 5.60. The lowest BCUT2D eigenvalue weighted by Crippen LogP contribution is -1.88. The molecule has 1 heterocycles. The molecule has 0 saturated carbocycles. The highest BCUT2D eigenvalue weighted by Crippen LogP contribution is 2.19. The van der Waals surface area contributed by atoms with Crippen LogP contribution < -0.4 is 0 Å². The minimum absolute atomic E-state index is 0.262. The van der Waals surface area contributed by atoms with Gasteiger partial charge in [-0.3, -0.25) is 4.79 Å². The van der Waals surface area contributed by atoms with Crippen LogP contribution in [-0.2, 0) is 0 Å². The van der Waals surface area contributed by atoms with E-state index < -0.39 is 0 Å². The molecule has 2 nitrogen and oxygen atoms in total. The molecular weight excluding hydrogens is 222 g/mol. The van der Waals surface area contributed by atoms with Gasteiger partial charge in [0.1, 0.15) is 5.15 Å². The Hall–Kier alpha value is -1.41. The van der Waals surface area contributed by atoms with Crippen LogP contribution in [0, 0.1) is 6.92 Å². The second-order valence-corrected chi connectivity index (χ2v) is 3.54. The van der Waals surface area contributed by atoms with Crippen LogP contribution in [0.2, 0.25) is 5.15 Å². The van der Waals surface area contributed by atoms with Gasteiger partial charge in [0, 0.05) is 5.39 Å². The van der Waals surface area contributed by atoms with Crippen LogP contribution in [-0.4, -0.2) is 11.3 Å². The summed E-state index contributed by atoms with van der Waals surface area (Å²) in [5.74, 6) is 0. The molecule has 3 heteroatoms. The third-order valence-corrected chi connectivity index (χ3v) is 2.38. The average molecular weight is 236 g/mol. The predicted molar refractivity (Wildman–Crippen MR) is 68.2 cm³/mol. The Bertz CT molecular complexity index is 509. The molecule has 16 heavy (non-hydrogen) atoms. The molecule has 0 bridgehead atoms. The summed E-state index contributed by atoms with van der Waals surface area (Å²) in [7, 11) is 0. The first-order valence-electron chi connectivity index (χ1n) is 5.23. The third kappa shape index (κ3) is 2.58. The van der Waals surface area contributed by atoms with Gasteiger partial charge in [0.05, 0.1) is 11.1 Å². The molecule has 1 aromatic carbocycles. The van der Waals surface area contributed by atoms with Crippen molar-refractivity contribution in [2.24, 2.45) is 0 Å². The molecule has 0 atom stereocenters. The number of hydrogen-bond donors (Lipinski definition) is 0. The van der Waals surface area contributed by atoms with E-state index in [1.54, 1.807) is 6.07 Å². The zero-order valence-corrected chi connectivity index (χ0v) is 10.4. The molecule has 0 spiro atoms. The quantitative estimate of drug-likeness (QED) is 0.552. The number of benzene rings is 1. The van der Waals surface area contributed by atoms with Crippen LogP contribution in [0.5, 0.6) is 0 Å². The number of nitrogens with zero attached hydrogens (tertiary/aromatic N) is 1. The van der Waals surface area contributed by atoms with Gasteiger partial charge in [0.25, 0.3) is 0 Å². The average Bonchev–Trinajstić information content (AvgIpc) is 2.30. The van der Waals surface area contributed by atoms with Gasteiger partial charge >= 0.3 is 0 Å². The molecule has 0 fully saturated rings. The summed E-state index contributed by atoms with van der Waals surface area (Å²) < 4.78 is 0. The number of carbonyl (C=O) groups excluding carboxylic acids is 1. The molecule has 84 valence electrons. The summed E-state index contributed by atoms with van der Waals surface area (Å²) >= 11 is 5.81. The van der Waals surface area contributed by atoms with Crippen molar-refractivity contribution in [3.05, 3.63) is 40.5 Å². The zero-order chi connectivity index (χ0) is 12.1. The molecule has 0 aliphatic rings. The van der Waals surface area contributed by atoms with Crippen molar-refractivity contribution in [1.82, 2.24) is 4.98 Å². The largest absolute Gasteiger partial charge is 0.298 e. The van der Waals surface area contributed by atoms with E-state index in [1.807, 2.05) is 39.0 Å². The van der Waals surface area contributed by atoms with Crippen LogP contribution in [0.3, 0.4) is 0 Å². The van der Waals surface area contributed by atoms with Crippen molar-refractivity contribution in [1.29, 1.82) is 0 Å². The maximum Gasteiger partial charge on any atom is 0.153 e. The minimum atomic E-state index is 0.262. The van der Waals surface area contributed by atoms with Crippen LogP contribution in [0.1, 0.15) is 29.8 Å². The van der Waals surface area contributed by atoms with Crippen molar-refractivity contribution in [3.63, 3.8) is 0 Å². The van der Waals surface area contributed by atoms with Crippen molar-refractivity contribution in [3.8, 4) is 0 Å². The Balaban J connectivity index is 0.000000606. The second-order valence-electron chi connectivity index (χ2n) is 3.18. The van der Waals surface area contributed by atoms with Gasteiger partial charge in [0.2, 0.25) is 0 Å². The van der Waals surface area contributed by atoms with Gasteiger partial charge in [-0.25, -0.2) is 4.98 Å². The number of aryl methyl sites for hydroxylation is 1. The second kappa shape index (κ2) is 5.61. The number of pyridine rings is 1.